The average molecular weight is 393 g/mol. The fourth-order valence-corrected chi connectivity index (χ4v) is 4.64. The Kier molecular flexibility index (Phi) is 4.68. The van der Waals surface area contributed by atoms with Crippen molar-refractivity contribution in [2.45, 2.75) is 19.4 Å². The van der Waals surface area contributed by atoms with E-state index in [4.69, 9.17) is 23.2 Å². The highest BCUT2D eigenvalue weighted by atomic mass is 35.5. The first-order valence-electron chi connectivity index (χ1n) is 8.65. The maximum atomic E-state index is 13.4. The summed E-state index contributed by atoms with van der Waals surface area (Å²) in [7, 11) is 0. The van der Waals surface area contributed by atoms with Crippen LogP contribution >= 0.6 is 23.2 Å². The van der Waals surface area contributed by atoms with E-state index in [0.717, 1.165) is 37.5 Å². The minimum absolute atomic E-state index is 0.00892. The zero-order chi connectivity index (χ0) is 18.3. The molecular formula is C20H19Cl2FN2O. The number of carbonyl (C=O) groups excluding carboxylic acids is 1. The molecule has 2 aliphatic rings. The third kappa shape index (κ3) is 3.73. The van der Waals surface area contributed by atoms with Gasteiger partial charge in [-0.1, -0.05) is 35.3 Å². The predicted octanol–water partition coefficient (Wildman–Crippen LogP) is 4.98. The standard InChI is InChI=1S/C20H19Cl2FN2O/c21-15-3-1-2-13(4-15)10-25-11-20(12-25)8-14(9-20)19(26)24-18-6-16(22)5-17(23)7-18/h1-7,14H,8-12H2,(H,24,26). The van der Waals surface area contributed by atoms with Crippen LogP contribution in [-0.2, 0) is 11.3 Å². The summed E-state index contributed by atoms with van der Waals surface area (Å²) in [4.78, 5) is 14.7. The van der Waals surface area contributed by atoms with Gasteiger partial charge in [-0.25, -0.2) is 4.39 Å². The van der Waals surface area contributed by atoms with Gasteiger partial charge in [0.15, 0.2) is 0 Å². The highest BCUT2D eigenvalue weighted by molar-refractivity contribution is 6.31. The normalized spacial score (nSPS) is 19.0. The Hall–Kier alpha value is -1.62. The van der Waals surface area contributed by atoms with Gasteiger partial charge < -0.3 is 5.32 Å². The molecule has 3 nitrogen and oxygen atoms in total. The van der Waals surface area contributed by atoms with Gasteiger partial charge in [-0.15, -0.1) is 0 Å². The molecule has 1 amide bonds. The minimum atomic E-state index is -0.450. The zero-order valence-electron chi connectivity index (χ0n) is 14.1. The average Bonchev–Trinajstić information content (AvgIpc) is 2.47. The molecule has 2 fully saturated rings. The Morgan fingerprint density at radius 1 is 1.15 bits per heavy atom. The fourth-order valence-electron chi connectivity index (χ4n) is 4.21. The van der Waals surface area contributed by atoms with Gasteiger partial charge in [0.05, 0.1) is 0 Å². The lowest BCUT2D eigenvalue weighted by atomic mass is 9.57. The van der Waals surface area contributed by atoms with E-state index in [1.807, 2.05) is 18.2 Å². The number of likely N-dealkylation sites (tertiary alicyclic amines) is 1. The smallest absolute Gasteiger partial charge is 0.227 e. The second-order valence-corrected chi connectivity index (χ2v) is 8.40. The third-order valence-corrected chi connectivity index (χ3v) is 5.73. The van der Waals surface area contributed by atoms with Gasteiger partial charge in [-0.3, -0.25) is 9.69 Å². The molecule has 1 heterocycles. The Morgan fingerprint density at radius 3 is 2.62 bits per heavy atom. The maximum absolute atomic E-state index is 13.4. The van der Waals surface area contributed by atoms with E-state index in [1.54, 1.807) is 6.07 Å². The zero-order valence-corrected chi connectivity index (χ0v) is 15.7. The third-order valence-electron chi connectivity index (χ3n) is 5.27. The molecule has 0 bridgehead atoms. The first kappa shape index (κ1) is 17.8. The van der Waals surface area contributed by atoms with Crippen LogP contribution in [0.1, 0.15) is 18.4 Å². The number of amides is 1. The summed E-state index contributed by atoms with van der Waals surface area (Å²) in [6.07, 6.45) is 1.77. The molecule has 1 aliphatic carbocycles. The number of halogens is 3. The van der Waals surface area contributed by atoms with Gasteiger partial charge in [-0.2, -0.15) is 0 Å². The first-order chi connectivity index (χ1) is 12.4. The van der Waals surface area contributed by atoms with Gasteiger partial charge >= 0.3 is 0 Å². The molecule has 6 heteroatoms. The van der Waals surface area contributed by atoms with Crippen LogP contribution < -0.4 is 5.32 Å². The molecule has 0 aromatic heterocycles. The van der Waals surface area contributed by atoms with Crippen molar-refractivity contribution in [3.63, 3.8) is 0 Å². The fraction of sp³-hybridized carbons (Fsp3) is 0.350. The van der Waals surface area contributed by atoms with Crippen molar-refractivity contribution in [2.24, 2.45) is 11.3 Å². The molecule has 1 saturated carbocycles. The quantitative estimate of drug-likeness (QED) is 0.795. The molecule has 2 aromatic rings. The van der Waals surface area contributed by atoms with Crippen LogP contribution in [0.4, 0.5) is 10.1 Å². The molecule has 0 unspecified atom stereocenters. The van der Waals surface area contributed by atoms with E-state index in [0.29, 0.717) is 5.69 Å². The van der Waals surface area contributed by atoms with Crippen LogP contribution in [0.15, 0.2) is 42.5 Å². The summed E-state index contributed by atoms with van der Waals surface area (Å²) >= 11 is 11.9. The lowest BCUT2D eigenvalue weighted by molar-refractivity contribution is -0.140. The van der Waals surface area contributed by atoms with Crippen LogP contribution in [0, 0.1) is 17.2 Å². The molecule has 1 spiro atoms. The van der Waals surface area contributed by atoms with E-state index in [1.165, 1.54) is 17.7 Å². The van der Waals surface area contributed by atoms with Gasteiger partial charge in [0.2, 0.25) is 5.91 Å². The van der Waals surface area contributed by atoms with Crippen molar-refractivity contribution >= 4 is 34.8 Å². The maximum Gasteiger partial charge on any atom is 0.227 e. The monoisotopic (exact) mass is 392 g/mol. The van der Waals surface area contributed by atoms with Crippen molar-refractivity contribution in [3.05, 3.63) is 63.9 Å². The molecule has 2 aromatic carbocycles. The number of rotatable bonds is 4. The van der Waals surface area contributed by atoms with Crippen molar-refractivity contribution < 1.29 is 9.18 Å². The van der Waals surface area contributed by atoms with E-state index in [-0.39, 0.29) is 22.3 Å². The number of carbonyl (C=O) groups is 1. The second kappa shape index (κ2) is 6.84. The molecule has 1 N–H and O–H groups in total. The number of hydrogen-bond donors (Lipinski definition) is 1. The molecular weight excluding hydrogens is 374 g/mol. The van der Waals surface area contributed by atoms with Crippen LogP contribution in [-0.4, -0.2) is 23.9 Å². The molecule has 0 radical (unpaired) electrons. The van der Waals surface area contributed by atoms with Gasteiger partial charge in [0, 0.05) is 41.3 Å². The van der Waals surface area contributed by atoms with Crippen molar-refractivity contribution in [1.82, 2.24) is 4.90 Å². The lowest BCUT2D eigenvalue weighted by Crippen LogP contribution is -2.63. The van der Waals surface area contributed by atoms with Crippen LogP contribution in [0.5, 0.6) is 0 Å². The first-order valence-corrected chi connectivity index (χ1v) is 9.40. The second-order valence-electron chi connectivity index (χ2n) is 7.53. The Labute approximate surface area is 162 Å². The Balaban J connectivity index is 1.26. The van der Waals surface area contributed by atoms with Crippen LogP contribution in [0.3, 0.4) is 0 Å². The van der Waals surface area contributed by atoms with E-state index >= 15 is 0 Å². The number of nitrogens with one attached hydrogen (secondary N) is 1. The van der Waals surface area contributed by atoms with Gasteiger partial charge in [0.1, 0.15) is 5.82 Å². The van der Waals surface area contributed by atoms with Gasteiger partial charge in [0.25, 0.3) is 0 Å². The highest BCUT2D eigenvalue weighted by Crippen LogP contribution is 2.52. The minimum Gasteiger partial charge on any atom is -0.326 e. The van der Waals surface area contributed by atoms with Crippen LogP contribution in [0.2, 0.25) is 10.0 Å². The molecule has 26 heavy (non-hydrogen) atoms. The summed E-state index contributed by atoms with van der Waals surface area (Å²) < 4.78 is 13.4. The number of benzene rings is 2. The van der Waals surface area contributed by atoms with Crippen molar-refractivity contribution in [1.29, 1.82) is 0 Å². The van der Waals surface area contributed by atoms with Crippen LogP contribution in [0.25, 0.3) is 0 Å². The summed E-state index contributed by atoms with van der Waals surface area (Å²) in [5.74, 6) is -0.510. The Morgan fingerprint density at radius 2 is 1.92 bits per heavy atom. The highest BCUT2D eigenvalue weighted by Gasteiger charge is 2.54. The number of hydrogen-bond acceptors (Lipinski definition) is 2. The van der Waals surface area contributed by atoms with Crippen molar-refractivity contribution in [2.75, 3.05) is 18.4 Å². The van der Waals surface area contributed by atoms with E-state index in [2.05, 4.69) is 16.3 Å². The summed E-state index contributed by atoms with van der Waals surface area (Å²) in [5.41, 5.74) is 1.89. The molecule has 1 saturated heterocycles. The number of anilines is 1. The van der Waals surface area contributed by atoms with E-state index in [9.17, 15) is 9.18 Å². The molecule has 1 aliphatic heterocycles. The molecule has 4 rings (SSSR count). The molecule has 0 atom stereocenters. The lowest BCUT2D eigenvalue weighted by Gasteiger charge is -2.58. The topological polar surface area (TPSA) is 32.3 Å². The Bertz CT molecular complexity index is 823. The largest absolute Gasteiger partial charge is 0.326 e. The summed E-state index contributed by atoms with van der Waals surface area (Å²) in [6, 6.07) is 12.0. The predicted molar refractivity (Wildman–Crippen MR) is 102 cm³/mol. The van der Waals surface area contributed by atoms with Gasteiger partial charge in [-0.05, 0) is 54.2 Å². The molecule has 136 valence electrons. The van der Waals surface area contributed by atoms with E-state index < -0.39 is 5.82 Å². The van der Waals surface area contributed by atoms with Crippen molar-refractivity contribution in [3.8, 4) is 0 Å². The summed E-state index contributed by atoms with van der Waals surface area (Å²) in [6.45, 7) is 2.91. The summed E-state index contributed by atoms with van der Waals surface area (Å²) in [5, 5.41) is 3.82. The SMILES string of the molecule is O=C(Nc1cc(F)cc(Cl)c1)C1CC2(C1)CN(Cc1cccc(Cl)c1)C2. The number of nitrogens with zero attached hydrogens (tertiary/aromatic N) is 1.